The summed E-state index contributed by atoms with van der Waals surface area (Å²) in [7, 11) is 1.44. The fourth-order valence-corrected chi connectivity index (χ4v) is 3.55. The van der Waals surface area contributed by atoms with Crippen molar-refractivity contribution < 1.29 is 18.3 Å². The Morgan fingerprint density at radius 1 is 1.12 bits per heavy atom. The van der Waals surface area contributed by atoms with Crippen molar-refractivity contribution in [2.24, 2.45) is 4.99 Å². The van der Waals surface area contributed by atoms with Crippen molar-refractivity contribution in [2.45, 2.75) is 19.5 Å². The predicted octanol–water partition coefficient (Wildman–Crippen LogP) is 3.72. The lowest BCUT2D eigenvalue weighted by molar-refractivity contribution is 0.0170. The van der Waals surface area contributed by atoms with Crippen LogP contribution in [0, 0.1) is 11.6 Å². The van der Waals surface area contributed by atoms with Gasteiger partial charge in [-0.15, -0.1) is 24.0 Å². The molecule has 0 radical (unpaired) electrons. The summed E-state index contributed by atoms with van der Waals surface area (Å²) in [6.45, 7) is 6.57. The fraction of sp³-hybridized carbons (Fsp3) is 0.435. The van der Waals surface area contributed by atoms with Crippen molar-refractivity contribution in [3.05, 3.63) is 65.2 Å². The van der Waals surface area contributed by atoms with Gasteiger partial charge in [-0.05, 0) is 42.3 Å². The number of guanidine groups is 1. The quantitative estimate of drug-likeness (QED) is 0.293. The first-order chi connectivity index (χ1) is 15.1. The Hall–Kier alpha value is -1.98. The van der Waals surface area contributed by atoms with Gasteiger partial charge < -0.3 is 20.1 Å². The van der Waals surface area contributed by atoms with Crippen LogP contribution in [0.4, 0.5) is 8.78 Å². The van der Waals surface area contributed by atoms with Gasteiger partial charge in [-0.3, -0.25) is 4.90 Å². The number of nitrogens with one attached hydrogen (secondary N) is 2. The van der Waals surface area contributed by atoms with E-state index in [-0.39, 0.29) is 41.6 Å². The number of hydrogen-bond donors (Lipinski definition) is 2. The van der Waals surface area contributed by atoms with Crippen LogP contribution < -0.4 is 15.4 Å². The third kappa shape index (κ3) is 7.56. The molecule has 3 rings (SSSR count). The minimum Gasteiger partial charge on any atom is -0.494 e. The average molecular weight is 560 g/mol. The number of benzene rings is 2. The smallest absolute Gasteiger partial charge is 0.191 e. The number of hydrogen-bond acceptors (Lipinski definition) is 4. The van der Waals surface area contributed by atoms with Gasteiger partial charge in [0.05, 0.1) is 32.9 Å². The van der Waals surface area contributed by atoms with Crippen molar-refractivity contribution in [3.8, 4) is 5.75 Å². The van der Waals surface area contributed by atoms with Crippen LogP contribution in [0.15, 0.2) is 47.5 Å². The highest BCUT2D eigenvalue weighted by molar-refractivity contribution is 14.0. The molecule has 0 amide bonds. The SMILES string of the molecule is CCNC(=NCc1ccc(OC)c(F)c1)NCC(c1ccc(F)cc1)N1CCOCC1.I. The Morgan fingerprint density at radius 3 is 2.47 bits per heavy atom. The van der Waals surface area contributed by atoms with Gasteiger partial charge in [0.15, 0.2) is 17.5 Å². The zero-order valence-corrected chi connectivity index (χ0v) is 20.8. The third-order valence-electron chi connectivity index (χ3n) is 5.18. The summed E-state index contributed by atoms with van der Waals surface area (Å²) in [5, 5.41) is 6.61. The summed E-state index contributed by atoms with van der Waals surface area (Å²) >= 11 is 0. The van der Waals surface area contributed by atoms with Gasteiger partial charge in [-0.1, -0.05) is 18.2 Å². The van der Waals surface area contributed by atoms with Crippen LogP contribution in [-0.4, -0.2) is 57.4 Å². The first-order valence-electron chi connectivity index (χ1n) is 10.5. The second kappa shape index (κ2) is 13.5. The van der Waals surface area contributed by atoms with E-state index >= 15 is 0 Å². The summed E-state index contributed by atoms with van der Waals surface area (Å²) in [6.07, 6.45) is 0. The van der Waals surface area contributed by atoms with Crippen LogP contribution in [0.1, 0.15) is 24.1 Å². The van der Waals surface area contributed by atoms with E-state index in [1.807, 2.05) is 19.1 Å². The molecule has 6 nitrogen and oxygen atoms in total. The van der Waals surface area contributed by atoms with Gasteiger partial charge in [0.1, 0.15) is 5.82 Å². The Kier molecular flexibility index (Phi) is 11.1. The first kappa shape index (κ1) is 26.3. The van der Waals surface area contributed by atoms with Gasteiger partial charge in [0.25, 0.3) is 0 Å². The van der Waals surface area contributed by atoms with Gasteiger partial charge in [0.2, 0.25) is 0 Å². The summed E-state index contributed by atoms with van der Waals surface area (Å²) in [5.74, 6) is 0.195. The van der Waals surface area contributed by atoms with E-state index in [4.69, 9.17) is 9.47 Å². The largest absolute Gasteiger partial charge is 0.494 e. The van der Waals surface area contributed by atoms with Crippen molar-refractivity contribution in [1.29, 1.82) is 0 Å². The third-order valence-corrected chi connectivity index (χ3v) is 5.18. The number of methoxy groups -OCH3 is 1. The topological polar surface area (TPSA) is 58.1 Å². The van der Waals surface area contributed by atoms with E-state index < -0.39 is 5.82 Å². The van der Waals surface area contributed by atoms with E-state index in [0.29, 0.717) is 38.8 Å². The van der Waals surface area contributed by atoms with Crippen LogP contribution in [0.5, 0.6) is 5.75 Å². The lowest BCUT2D eigenvalue weighted by atomic mass is 10.0. The molecule has 1 atom stereocenters. The molecular weight excluding hydrogens is 529 g/mol. The summed E-state index contributed by atoms with van der Waals surface area (Å²) in [4.78, 5) is 6.91. The molecule has 0 spiro atoms. The van der Waals surface area contributed by atoms with Crippen molar-refractivity contribution >= 4 is 29.9 Å². The molecule has 2 aromatic carbocycles. The molecule has 9 heteroatoms. The Morgan fingerprint density at radius 2 is 1.84 bits per heavy atom. The molecule has 32 heavy (non-hydrogen) atoms. The maximum Gasteiger partial charge on any atom is 0.191 e. The average Bonchev–Trinajstić information content (AvgIpc) is 2.79. The van der Waals surface area contributed by atoms with Crippen LogP contribution in [0.2, 0.25) is 0 Å². The number of ether oxygens (including phenoxy) is 2. The van der Waals surface area contributed by atoms with Crippen molar-refractivity contribution in [3.63, 3.8) is 0 Å². The van der Waals surface area contributed by atoms with Crippen LogP contribution >= 0.6 is 24.0 Å². The maximum atomic E-state index is 14.0. The Labute approximate surface area is 205 Å². The minimum absolute atomic E-state index is 0. The van der Waals surface area contributed by atoms with Crippen molar-refractivity contribution in [2.75, 3.05) is 46.5 Å². The molecule has 1 unspecified atom stereocenters. The van der Waals surface area contributed by atoms with Gasteiger partial charge >= 0.3 is 0 Å². The lowest BCUT2D eigenvalue weighted by Crippen LogP contribution is -2.46. The highest BCUT2D eigenvalue weighted by Crippen LogP contribution is 2.22. The van der Waals surface area contributed by atoms with E-state index in [1.54, 1.807) is 12.1 Å². The molecule has 1 aliphatic heterocycles. The molecule has 1 fully saturated rings. The van der Waals surface area contributed by atoms with Crippen molar-refractivity contribution in [1.82, 2.24) is 15.5 Å². The Balaban J connectivity index is 0.00000363. The number of halogens is 3. The van der Waals surface area contributed by atoms with Gasteiger partial charge in [0, 0.05) is 26.2 Å². The van der Waals surface area contributed by atoms with E-state index in [1.165, 1.54) is 25.3 Å². The normalized spacial score (nSPS) is 15.6. The Bertz CT molecular complexity index is 862. The molecule has 1 aliphatic rings. The summed E-state index contributed by atoms with van der Waals surface area (Å²) < 4.78 is 37.8. The second-order valence-corrected chi connectivity index (χ2v) is 7.26. The highest BCUT2D eigenvalue weighted by atomic mass is 127. The monoisotopic (exact) mass is 560 g/mol. The van der Waals surface area contributed by atoms with Crippen LogP contribution in [-0.2, 0) is 11.3 Å². The molecule has 176 valence electrons. The molecular formula is C23H31F2IN4O2. The number of rotatable bonds is 8. The molecule has 0 aromatic heterocycles. The number of nitrogens with zero attached hydrogens (tertiary/aromatic N) is 2. The molecule has 2 N–H and O–H groups in total. The van der Waals surface area contributed by atoms with Gasteiger partial charge in [-0.2, -0.15) is 0 Å². The molecule has 1 heterocycles. The lowest BCUT2D eigenvalue weighted by Gasteiger charge is -2.35. The second-order valence-electron chi connectivity index (χ2n) is 7.26. The van der Waals surface area contributed by atoms with Crippen LogP contribution in [0.3, 0.4) is 0 Å². The molecule has 0 aliphatic carbocycles. The molecule has 0 bridgehead atoms. The maximum absolute atomic E-state index is 14.0. The molecule has 0 saturated carbocycles. The molecule has 1 saturated heterocycles. The zero-order chi connectivity index (χ0) is 22.1. The highest BCUT2D eigenvalue weighted by Gasteiger charge is 2.23. The predicted molar refractivity (Wildman–Crippen MR) is 133 cm³/mol. The van der Waals surface area contributed by atoms with E-state index in [2.05, 4.69) is 20.5 Å². The molecule has 2 aromatic rings. The van der Waals surface area contributed by atoms with Gasteiger partial charge in [-0.25, -0.2) is 13.8 Å². The number of aliphatic imine (C=N–C) groups is 1. The fourth-order valence-electron chi connectivity index (χ4n) is 3.55. The summed E-state index contributed by atoms with van der Waals surface area (Å²) in [5.41, 5.74) is 1.78. The van der Waals surface area contributed by atoms with E-state index in [0.717, 1.165) is 24.2 Å². The summed E-state index contributed by atoms with van der Waals surface area (Å²) in [6, 6.07) is 11.5. The minimum atomic E-state index is -0.406. The first-order valence-corrected chi connectivity index (χ1v) is 10.5. The number of morpholine rings is 1. The zero-order valence-electron chi connectivity index (χ0n) is 18.4. The van der Waals surface area contributed by atoms with E-state index in [9.17, 15) is 8.78 Å². The standard InChI is InChI=1S/C23H30F2N4O2.HI/c1-3-26-23(27-15-17-4-9-22(30-2)20(25)14-17)28-16-21(29-10-12-31-13-11-29)18-5-7-19(24)8-6-18;/h4-9,14,21H,3,10-13,15-16H2,1-2H3,(H2,26,27,28);1H. The van der Waals surface area contributed by atoms with Crippen LogP contribution in [0.25, 0.3) is 0 Å².